The van der Waals surface area contributed by atoms with Crippen molar-refractivity contribution >= 4 is 37.4 Å². The predicted octanol–water partition coefficient (Wildman–Crippen LogP) is 4.23. The Hall–Kier alpha value is -1.47. The third-order valence-electron chi connectivity index (χ3n) is 3.69. The molecule has 2 rings (SSSR count). The van der Waals surface area contributed by atoms with Crippen LogP contribution in [0.3, 0.4) is 0 Å². The smallest absolute Gasteiger partial charge is 0.231 e. The van der Waals surface area contributed by atoms with E-state index in [-0.39, 0.29) is 5.03 Å². The summed E-state index contributed by atoms with van der Waals surface area (Å²) < 4.78 is 24.6. The van der Waals surface area contributed by atoms with Gasteiger partial charge in [0.05, 0.1) is 5.69 Å². The Morgan fingerprint density at radius 1 is 1.21 bits per heavy atom. The molecule has 24 heavy (non-hydrogen) atoms. The third-order valence-corrected chi connectivity index (χ3v) is 5.29. The van der Waals surface area contributed by atoms with E-state index in [0.717, 1.165) is 16.4 Å². The fraction of sp³-hybridized carbons (Fsp3) is 0.412. The molecule has 0 aliphatic carbocycles. The van der Waals surface area contributed by atoms with E-state index < -0.39 is 9.84 Å². The number of anilines is 2. The summed E-state index contributed by atoms with van der Waals surface area (Å²) in [5.74, 6) is 0.813. The average Bonchev–Trinajstić information content (AvgIpc) is 2.48. The van der Waals surface area contributed by atoms with Crippen LogP contribution in [-0.4, -0.2) is 31.2 Å². The molecule has 2 aromatic rings. The van der Waals surface area contributed by atoms with Gasteiger partial charge in [-0.3, -0.25) is 0 Å². The lowest BCUT2D eigenvalue weighted by atomic mass is 10.0. The maximum Gasteiger partial charge on any atom is 0.231 e. The van der Waals surface area contributed by atoms with E-state index in [4.69, 9.17) is 0 Å². The number of aromatic nitrogens is 2. The van der Waals surface area contributed by atoms with Crippen LogP contribution in [0.15, 0.2) is 33.8 Å². The quantitative estimate of drug-likeness (QED) is 0.688. The Morgan fingerprint density at radius 2 is 1.88 bits per heavy atom. The molecule has 0 saturated heterocycles. The number of rotatable bonds is 5. The van der Waals surface area contributed by atoms with Crippen LogP contribution < -0.4 is 4.90 Å². The number of halogens is 1. The predicted molar refractivity (Wildman–Crippen MR) is 101 cm³/mol. The van der Waals surface area contributed by atoms with Crippen LogP contribution in [-0.2, 0) is 9.84 Å². The summed E-state index contributed by atoms with van der Waals surface area (Å²) >= 11 is 3.62. The van der Waals surface area contributed by atoms with Gasteiger partial charge in [-0.15, -0.1) is 0 Å². The van der Waals surface area contributed by atoms with Gasteiger partial charge in [0.25, 0.3) is 0 Å². The molecule has 0 fully saturated rings. The van der Waals surface area contributed by atoms with Crippen LogP contribution in [0, 0.1) is 6.92 Å². The molecule has 130 valence electrons. The third kappa shape index (κ3) is 4.13. The SMILES string of the molecule is CCN(c1nc(C)cc(S(C)(=O)=O)n1)c1ccc(C(C)C)cc1Br. The molecular formula is C17H22BrN3O2S. The molecule has 1 aromatic heterocycles. The fourth-order valence-electron chi connectivity index (χ4n) is 2.36. The number of nitrogens with zero attached hydrogens (tertiary/aromatic N) is 3. The minimum atomic E-state index is -3.39. The van der Waals surface area contributed by atoms with Gasteiger partial charge in [0, 0.05) is 23.0 Å². The van der Waals surface area contributed by atoms with Crippen molar-refractivity contribution in [1.82, 2.24) is 9.97 Å². The molecule has 0 radical (unpaired) electrons. The number of hydrogen-bond donors (Lipinski definition) is 0. The lowest BCUT2D eigenvalue weighted by molar-refractivity contribution is 0.597. The van der Waals surface area contributed by atoms with E-state index in [1.807, 2.05) is 17.9 Å². The molecule has 7 heteroatoms. The first-order valence-electron chi connectivity index (χ1n) is 7.76. The maximum atomic E-state index is 11.9. The van der Waals surface area contributed by atoms with Crippen molar-refractivity contribution in [2.24, 2.45) is 0 Å². The highest BCUT2D eigenvalue weighted by molar-refractivity contribution is 9.10. The van der Waals surface area contributed by atoms with Crippen molar-refractivity contribution < 1.29 is 8.42 Å². The molecule has 1 heterocycles. The van der Waals surface area contributed by atoms with Crippen molar-refractivity contribution in [3.63, 3.8) is 0 Å². The minimum absolute atomic E-state index is 0.0402. The second-order valence-electron chi connectivity index (χ2n) is 6.03. The van der Waals surface area contributed by atoms with Gasteiger partial charge in [0.2, 0.25) is 5.95 Å². The maximum absolute atomic E-state index is 11.9. The monoisotopic (exact) mass is 411 g/mol. The zero-order chi connectivity index (χ0) is 18.1. The molecule has 0 atom stereocenters. The Balaban J connectivity index is 2.55. The molecule has 0 bridgehead atoms. The summed E-state index contributed by atoms with van der Waals surface area (Å²) in [6.07, 6.45) is 1.15. The topological polar surface area (TPSA) is 63.2 Å². The first kappa shape index (κ1) is 18.9. The van der Waals surface area contributed by atoms with E-state index in [9.17, 15) is 8.42 Å². The Labute approximate surface area is 152 Å². The number of aryl methyl sites for hydroxylation is 1. The molecule has 0 amide bonds. The summed E-state index contributed by atoms with van der Waals surface area (Å²) in [5.41, 5.74) is 2.75. The van der Waals surface area contributed by atoms with Gasteiger partial charge < -0.3 is 4.90 Å². The second kappa shape index (κ2) is 7.19. The van der Waals surface area contributed by atoms with Crippen molar-refractivity contribution in [3.05, 3.63) is 40.0 Å². The van der Waals surface area contributed by atoms with Gasteiger partial charge in [0.15, 0.2) is 14.9 Å². The van der Waals surface area contributed by atoms with Crippen molar-refractivity contribution in [2.45, 2.75) is 38.6 Å². The van der Waals surface area contributed by atoms with Gasteiger partial charge in [-0.2, -0.15) is 0 Å². The number of benzene rings is 1. The van der Waals surface area contributed by atoms with Gasteiger partial charge in [-0.05, 0) is 59.5 Å². The van der Waals surface area contributed by atoms with Crippen LogP contribution in [0.4, 0.5) is 11.6 Å². The van der Waals surface area contributed by atoms with E-state index >= 15 is 0 Å². The Bertz CT molecular complexity index is 851. The zero-order valence-electron chi connectivity index (χ0n) is 14.5. The van der Waals surface area contributed by atoms with E-state index in [1.54, 1.807) is 6.92 Å². The van der Waals surface area contributed by atoms with Crippen LogP contribution >= 0.6 is 15.9 Å². The van der Waals surface area contributed by atoms with Crippen LogP contribution in [0.25, 0.3) is 0 Å². The minimum Gasteiger partial charge on any atom is -0.310 e. The molecule has 0 aliphatic heterocycles. The second-order valence-corrected chi connectivity index (χ2v) is 8.85. The molecule has 0 unspecified atom stereocenters. The van der Waals surface area contributed by atoms with Crippen molar-refractivity contribution in [1.29, 1.82) is 0 Å². The summed E-state index contributed by atoms with van der Waals surface area (Å²) in [6, 6.07) is 7.65. The largest absolute Gasteiger partial charge is 0.310 e. The first-order chi connectivity index (χ1) is 11.1. The molecule has 1 aromatic carbocycles. The highest BCUT2D eigenvalue weighted by atomic mass is 79.9. The first-order valence-corrected chi connectivity index (χ1v) is 10.4. The molecule has 5 nitrogen and oxygen atoms in total. The summed E-state index contributed by atoms with van der Waals surface area (Å²) in [4.78, 5) is 10.6. The Kier molecular flexibility index (Phi) is 5.65. The lowest BCUT2D eigenvalue weighted by Crippen LogP contribution is -2.21. The van der Waals surface area contributed by atoms with Gasteiger partial charge in [-0.1, -0.05) is 19.9 Å². The molecule has 0 saturated carbocycles. The van der Waals surface area contributed by atoms with Gasteiger partial charge >= 0.3 is 0 Å². The van der Waals surface area contributed by atoms with Crippen LogP contribution in [0.5, 0.6) is 0 Å². The van der Waals surface area contributed by atoms with Crippen molar-refractivity contribution in [3.8, 4) is 0 Å². The van der Waals surface area contributed by atoms with Crippen LogP contribution in [0.1, 0.15) is 37.9 Å². The van der Waals surface area contributed by atoms with Crippen molar-refractivity contribution in [2.75, 3.05) is 17.7 Å². The standard InChI is InChI=1S/C17H22BrN3O2S/c1-6-21(15-8-7-13(11(2)3)10-14(15)18)17-19-12(4)9-16(20-17)24(5,22)23/h7-11H,6H2,1-5H3. The zero-order valence-corrected chi connectivity index (χ0v) is 16.9. The number of sulfone groups is 1. The molecule has 0 aliphatic rings. The highest BCUT2D eigenvalue weighted by Gasteiger charge is 2.18. The average molecular weight is 412 g/mol. The Morgan fingerprint density at radius 3 is 2.38 bits per heavy atom. The van der Waals surface area contributed by atoms with Gasteiger partial charge in [-0.25, -0.2) is 18.4 Å². The molecule has 0 N–H and O–H groups in total. The van der Waals surface area contributed by atoms with E-state index in [2.05, 4.69) is 51.9 Å². The highest BCUT2D eigenvalue weighted by Crippen LogP contribution is 2.33. The summed E-state index contributed by atoms with van der Waals surface area (Å²) in [5, 5.41) is 0.0402. The van der Waals surface area contributed by atoms with Crippen LogP contribution in [0.2, 0.25) is 0 Å². The lowest BCUT2D eigenvalue weighted by Gasteiger charge is -2.23. The molecule has 0 spiro atoms. The summed E-state index contributed by atoms with van der Waals surface area (Å²) in [6.45, 7) is 8.65. The van der Waals surface area contributed by atoms with E-state index in [1.165, 1.54) is 11.6 Å². The van der Waals surface area contributed by atoms with E-state index in [0.29, 0.717) is 24.1 Å². The summed E-state index contributed by atoms with van der Waals surface area (Å²) in [7, 11) is -3.39. The number of hydrogen-bond acceptors (Lipinski definition) is 5. The van der Waals surface area contributed by atoms with Gasteiger partial charge in [0.1, 0.15) is 0 Å². The fourth-order valence-corrected chi connectivity index (χ4v) is 3.60. The normalized spacial score (nSPS) is 11.8. The molecular weight excluding hydrogens is 390 g/mol.